The van der Waals surface area contributed by atoms with Crippen LogP contribution < -0.4 is 4.90 Å². The number of hydrogen-bond donors (Lipinski definition) is 1. The summed E-state index contributed by atoms with van der Waals surface area (Å²) in [4.78, 5) is 12.0. The number of aryl methyl sites for hydroxylation is 1. The zero-order chi connectivity index (χ0) is 16.7. The molecular weight excluding hydrogens is 302 g/mol. The lowest BCUT2D eigenvalue weighted by Crippen LogP contribution is -2.52. The molecule has 2 saturated heterocycles. The Bertz CT molecular complexity index is 746. The molecule has 1 aromatic heterocycles. The van der Waals surface area contributed by atoms with E-state index in [9.17, 15) is 5.11 Å². The number of aliphatic hydroxyl groups is 1. The number of ether oxygens (including phenoxy) is 1. The molecule has 0 bridgehead atoms. The Kier molecular flexibility index (Phi) is 3.93. The van der Waals surface area contributed by atoms with Crippen molar-refractivity contribution in [3.8, 4) is 0 Å². The predicted octanol–water partition coefficient (Wildman–Crippen LogP) is 2.69. The van der Waals surface area contributed by atoms with Crippen LogP contribution in [0.15, 0.2) is 24.3 Å². The summed E-state index contributed by atoms with van der Waals surface area (Å²) in [5.74, 6) is 1.07. The lowest BCUT2D eigenvalue weighted by atomic mass is 9.79. The molecule has 1 N–H and O–H groups in total. The Balaban J connectivity index is 1.71. The summed E-state index contributed by atoms with van der Waals surface area (Å²) in [5, 5.41) is 10.9. The van der Waals surface area contributed by atoms with Gasteiger partial charge in [0.2, 0.25) is 0 Å². The summed E-state index contributed by atoms with van der Waals surface area (Å²) in [6.07, 6.45) is 2.88. The maximum Gasteiger partial charge on any atom is 0.151 e. The molecule has 5 heteroatoms. The lowest BCUT2D eigenvalue weighted by Gasteiger charge is -2.43. The molecule has 0 saturated carbocycles. The number of fused-ring (bicyclic) bond motifs is 1. The SMILES string of the molecule is Cc1nc2ccccc2nc1N1CCC[C@@H]1[C@H]1COCC[C@]1(C)O. The highest BCUT2D eigenvalue weighted by Gasteiger charge is 2.44. The van der Waals surface area contributed by atoms with Gasteiger partial charge in [-0.25, -0.2) is 9.97 Å². The summed E-state index contributed by atoms with van der Waals surface area (Å²) in [6, 6.07) is 8.26. The number of anilines is 1. The van der Waals surface area contributed by atoms with Crippen molar-refractivity contribution in [1.29, 1.82) is 0 Å². The molecule has 0 aliphatic carbocycles. The molecule has 0 radical (unpaired) electrons. The third-order valence-electron chi connectivity index (χ3n) is 5.60. The van der Waals surface area contributed by atoms with Crippen LogP contribution in [0.2, 0.25) is 0 Å². The normalized spacial score (nSPS) is 30.9. The van der Waals surface area contributed by atoms with E-state index < -0.39 is 5.60 Å². The maximum atomic E-state index is 10.9. The molecule has 2 aliphatic rings. The molecule has 4 rings (SSSR count). The first-order valence-corrected chi connectivity index (χ1v) is 8.86. The number of aromatic nitrogens is 2. The van der Waals surface area contributed by atoms with Gasteiger partial charge in [-0.15, -0.1) is 0 Å². The first-order valence-electron chi connectivity index (χ1n) is 8.86. The van der Waals surface area contributed by atoms with Gasteiger partial charge >= 0.3 is 0 Å². The van der Waals surface area contributed by atoms with Gasteiger partial charge in [0.1, 0.15) is 0 Å². The largest absolute Gasteiger partial charge is 0.390 e. The summed E-state index contributed by atoms with van der Waals surface area (Å²) < 4.78 is 5.69. The highest BCUT2D eigenvalue weighted by molar-refractivity contribution is 5.76. The van der Waals surface area contributed by atoms with Gasteiger partial charge in [0.25, 0.3) is 0 Å². The molecule has 128 valence electrons. The van der Waals surface area contributed by atoms with Crippen molar-refractivity contribution in [1.82, 2.24) is 9.97 Å². The molecule has 0 spiro atoms. The Morgan fingerprint density at radius 1 is 1.25 bits per heavy atom. The second-order valence-electron chi connectivity index (χ2n) is 7.31. The Morgan fingerprint density at radius 2 is 2.00 bits per heavy atom. The van der Waals surface area contributed by atoms with Gasteiger partial charge in [-0.1, -0.05) is 12.1 Å². The average molecular weight is 327 g/mol. The zero-order valence-electron chi connectivity index (χ0n) is 14.4. The molecule has 3 heterocycles. The fraction of sp³-hybridized carbons (Fsp3) is 0.579. The predicted molar refractivity (Wildman–Crippen MR) is 94.2 cm³/mol. The molecule has 0 amide bonds. The van der Waals surface area contributed by atoms with E-state index in [-0.39, 0.29) is 12.0 Å². The number of nitrogens with zero attached hydrogens (tertiary/aromatic N) is 3. The molecule has 2 fully saturated rings. The van der Waals surface area contributed by atoms with Crippen molar-refractivity contribution in [2.45, 2.75) is 44.8 Å². The Hall–Kier alpha value is -1.72. The van der Waals surface area contributed by atoms with Crippen molar-refractivity contribution in [2.24, 2.45) is 5.92 Å². The second-order valence-corrected chi connectivity index (χ2v) is 7.31. The van der Waals surface area contributed by atoms with Crippen LogP contribution in [-0.4, -0.2) is 46.5 Å². The van der Waals surface area contributed by atoms with E-state index in [4.69, 9.17) is 14.7 Å². The van der Waals surface area contributed by atoms with E-state index in [1.54, 1.807) is 0 Å². The molecule has 2 aliphatic heterocycles. The van der Waals surface area contributed by atoms with Crippen molar-refractivity contribution in [3.05, 3.63) is 30.0 Å². The molecule has 5 nitrogen and oxygen atoms in total. The van der Waals surface area contributed by atoms with Gasteiger partial charge in [-0.05, 0) is 45.2 Å². The summed E-state index contributed by atoms with van der Waals surface area (Å²) >= 11 is 0. The third-order valence-corrected chi connectivity index (χ3v) is 5.60. The van der Waals surface area contributed by atoms with Crippen LogP contribution in [0, 0.1) is 12.8 Å². The first kappa shape index (κ1) is 15.8. The second kappa shape index (κ2) is 5.97. The standard InChI is InChI=1S/C19H25N3O2/c1-13-18(21-16-7-4-3-6-15(16)20-13)22-10-5-8-17(22)14-12-24-11-9-19(14,2)23/h3-4,6-7,14,17,23H,5,8-12H2,1-2H3/t14-,17-,19+/m1/s1. The van der Waals surface area contributed by atoms with Crippen molar-refractivity contribution < 1.29 is 9.84 Å². The molecular formula is C19H25N3O2. The van der Waals surface area contributed by atoms with E-state index >= 15 is 0 Å². The molecule has 3 atom stereocenters. The van der Waals surface area contributed by atoms with Gasteiger partial charge in [0.05, 0.1) is 28.9 Å². The Labute approximate surface area is 142 Å². The molecule has 24 heavy (non-hydrogen) atoms. The summed E-state index contributed by atoms with van der Waals surface area (Å²) in [7, 11) is 0. The number of para-hydroxylation sites is 2. The third kappa shape index (κ3) is 2.66. The van der Waals surface area contributed by atoms with Crippen LogP contribution >= 0.6 is 0 Å². The average Bonchev–Trinajstić information content (AvgIpc) is 3.02. The van der Waals surface area contributed by atoms with Crippen LogP contribution in [0.5, 0.6) is 0 Å². The van der Waals surface area contributed by atoms with Gasteiger partial charge in [0, 0.05) is 25.1 Å². The van der Waals surface area contributed by atoms with Crippen LogP contribution in [0.1, 0.15) is 31.9 Å². The highest BCUT2D eigenvalue weighted by atomic mass is 16.5. The van der Waals surface area contributed by atoms with Crippen LogP contribution in [0.4, 0.5) is 5.82 Å². The molecule has 1 aromatic carbocycles. The smallest absolute Gasteiger partial charge is 0.151 e. The fourth-order valence-corrected chi connectivity index (χ4v) is 4.20. The molecule has 2 aromatic rings. The summed E-state index contributed by atoms with van der Waals surface area (Å²) in [5.41, 5.74) is 2.14. The zero-order valence-corrected chi connectivity index (χ0v) is 14.4. The minimum atomic E-state index is -0.677. The van der Waals surface area contributed by atoms with Gasteiger partial charge in [0.15, 0.2) is 5.82 Å². The van der Waals surface area contributed by atoms with Crippen LogP contribution in [0.3, 0.4) is 0 Å². The maximum absolute atomic E-state index is 10.9. The van der Waals surface area contributed by atoms with Gasteiger partial charge < -0.3 is 14.7 Å². The number of rotatable bonds is 2. The molecule has 0 unspecified atom stereocenters. The van der Waals surface area contributed by atoms with E-state index in [0.29, 0.717) is 19.6 Å². The van der Waals surface area contributed by atoms with Crippen LogP contribution in [0.25, 0.3) is 11.0 Å². The first-order chi connectivity index (χ1) is 11.6. The van der Waals surface area contributed by atoms with E-state index in [1.807, 2.05) is 38.1 Å². The van der Waals surface area contributed by atoms with Gasteiger partial charge in [-0.2, -0.15) is 0 Å². The van der Waals surface area contributed by atoms with E-state index in [1.165, 1.54) is 0 Å². The van der Waals surface area contributed by atoms with Gasteiger partial charge in [-0.3, -0.25) is 0 Å². The van der Waals surface area contributed by atoms with Crippen molar-refractivity contribution in [3.63, 3.8) is 0 Å². The minimum Gasteiger partial charge on any atom is -0.390 e. The topological polar surface area (TPSA) is 58.5 Å². The lowest BCUT2D eigenvalue weighted by molar-refractivity contribution is -0.108. The number of benzene rings is 1. The van der Waals surface area contributed by atoms with E-state index in [0.717, 1.165) is 41.9 Å². The minimum absolute atomic E-state index is 0.112. The van der Waals surface area contributed by atoms with Crippen molar-refractivity contribution >= 4 is 16.9 Å². The van der Waals surface area contributed by atoms with Crippen LogP contribution in [-0.2, 0) is 4.74 Å². The highest BCUT2D eigenvalue weighted by Crippen LogP contribution is 2.38. The monoisotopic (exact) mass is 327 g/mol. The summed E-state index contributed by atoms with van der Waals surface area (Å²) in [6.45, 7) is 6.21. The van der Waals surface area contributed by atoms with Crippen molar-refractivity contribution in [2.75, 3.05) is 24.7 Å². The number of hydrogen-bond acceptors (Lipinski definition) is 5. The van der Waals surface area contributed by atoms with E-state index in [2.05, 4.69) is 4.90 Å². The fourth-order valence-electron chi connectivity index (χ4n) is 4.20. The quantitative estimate of drug-likeness (QED) is 0.919. The Morgan fingerprint density at radius 3 is 2.75 bits per heavy atom.